The lowest BCUT2D eigenvalue weighted by atomic mass is 10.3. The van der Waals surface area contributed by atoms with E-state index in [1.54, 1.807) is 19.2 Å². The summed E-state index contributed by atoms with van der Waals surface area (Å²) >= 11 is 0. The smallest absolute Gasteiger partial charge is 0.177 e. The Morgan fingerprint density at radius 3 is 2.38 bits per heavy atom. The fourth-order valence-corrected chi connectivity index (χ4v) is 1.84. The van der Waals surface area contributed by atoms with Gasteiger partial charge in [0.15, 0.2) is 9.84 Å². The molecule has 0 radical (unpaired) electrons. The second-order valence-corrected chi connectivity index (χ2v) is 4.76. The van der Waals surface area contributed by atoms with E-state index in [-0.39, 0.29) is 10.6 Å². The van der Waals surface area contributed by atoms with Gasteiger partial charge in [-0.25, -0.2) is 8.42 Å². The molecular formula is C8H12N2O2S. The van der Waals surface area contributed by atoms with Gasteiger partial charge in [0, 0.05) is 19.0 Å². The van der Waals surface area contributed by atoms with E-state index in [9.17, 15) is 8.42 Å². The Labute approximate surface area is 77.7 Å². The van der Waals surface area contributed by atoms with Gasteiger partial charge in [-0.15, -0.1) is 0 Å². The quantitative estimate of drug-likeness (QED) is 0.690. The molecule has 0 unspecified atom stereocenters. The van der Waals surface area contributed by atoms with Gasteiger partial charge in [0.2, 0.25) is 0 Å². The van der Waals surface area contributed by atoms with Gasteiger partial charge < -0.3 is 11.1 Å². The van der Waals surface area contributed by atoms with Crippen molar-refractivity contribution in [2.45, 2.75) is 4.90 Å². The maximum absolute atomic E-state index is 11.2. The van der Waals surface area contributed by atoms with Crippen LogP contribution in [0.15, 0.2) is 23.1 Å². The van der Waals surface area contributed by atoms with E-state index in [0.717, 1.165) is 11.9 Å². The first-order valence-electron chi connectivity index (χ1n) is 3.72. The number of nitrogens with one attached hydrogen (secondary N) is 1. The predicted molar refractivity (Wildman–Crippen MR) is 53.5 cm³/mol. The van der Waals surface area contributed by atoms with Crippen LogP contribution in [0.2, 0.25) is 0 Å². The van der Waals surface area contributed by atoms with Gasteiger partial charge in [0.1, 0.15) is 0 Å². The zero-order chi connectivity index (χ0) is 10.1. The first kappa shape index (κ1) is 9.85. The summed E-state index contributed by atoms with van der Waals surface area (Å²) in [6.07, 6.45) is 1.14. The van der Waals surface area contributed by atoms with Crippen molar-refractivity contribution in [1.29, 1.82) is 0 Å². The lowest BCUT2D eigenvalue weighted by molar-refractivity contribution is 0.602. The SMILES string of the molecule is CNc1ccc(S(C)(=O)=O)c(N)c1. The van der Waals surface area contributed by atoms with Gasteiger partial charge >= 0.3 is 0 Å². The summed E-state index contributed by atoms with van der Waals surface area (Å²) in [4.78, 5) is 0.173. The van der Waals surface area contributed by atoms with Crippen molar-refractivity contribution in [3.63, 3.8) is 0 Å². The van der Waals surface area contributed by atoms with Crippen molar-refractivity contribution in [2.75, 3.05) is 24.4 Å². The van der Waals surface area contributed by atoms with Gasteiger partial charge in [-0.2, -0.15) is 0 Å². The molecule has 13 heavy (non-hydrogen) atoms. The van der Waals surface area contributed by atoms with Crippen LogP contribution < -0.4 is 11.1 Å². The highest BCUT2D eigenvalue weighted by atomic mass is 32.2. The Morgan fingerprint density at radius 1 is 1.38 bits per heavy atom. The maximum Gasteiger partial charge on any atom is 0.177 e. The van der Waals surface area contributed by atoms with E-state index in [1.165, 1.54) is 6.07 Å². The Morgan fingerprint density at radius 2 is 2.00 bits per heavy atom. The molecule has 0 bridgehead atoms. The number of nitrogen functional groups attached to an aromatic ring is 1. The topological polar surface area (TPSA) is 72.2 Å². The van der Waals surface area contributed by atoms with Crippen LogP contribution in [-0.4, -0.2) is 21.7 Å². The number of benzene rings is 1. The number of nitrogens with two attached hydrogens (primary N) is 1. The molecule has 0 spiro atoms. The zero-order valence-electron chi connectivity index (χ0n) is 7.53. The van der Waals surface area contributed by atoms with Crippen molar-refractivity contribution >= 4 is 21.2 Å². The molecule has 0 aliphatic carbocycles. The van der Waals surface area contributed by atoms with Crippen LogP contribution in [0.4, 0.5) is 11.4 Å². The Hall–Kier alpha value is -1.23. The van der Waals surface area contributed by atoms with Crippen LogP contribution in [0.25, 0.3) is 0 Å². The Kier molecular flexibility index (Phi) is 2.47. The summed E-state index contributed by atoms with van der Waals surface area (Å²) < 4.78 is 22.3. The Bertz CT molecular complexity index is 412. The molecule has 0 aliphatic rings. The van der Waals surface area contributed by atoms with Gasteiger partial charge in [0.05, 0.1) is 10.6 Å². The van der Waals surface area contributed by atoms with E-state index in [1.807, 2.05) is 0 Å². The van der Waals surface area contributed by atoms with Crippen LogP contribution in [0, 0.1) is 0 Å². The average Bonchev–Trinajstić information content (AvgIpc) is 2.01. The highest BCUT2D eigenvalue weighted by molar-refractivity contribution is 7.90. The minimum atomic E-state index is -3.21. The van der Waals surface area contributed by atoms with Crippen molar-refractivity contribution in [2.24, 2.45) is 0 Å². The largest absolute Gasteiger partial charge is 0.398 e. The number of anilines is 2. The van der Waals surface area contributed by atoms with Gasteiger partial charge in [-0.1, -0.05) is 0 Å². The van der Waals surface area contributed by atoms with Crippen LogP contribution >= 0.6 is 0 Å². The van der Waals surface area contributed by atoms with E-state index >= 15 is 0 Å². The summed E-state index contributed by atoms with van der Waals surface area (Å²) in [6.45, 7) is 0. The summed E-state index contributed by atoms with van der Waals surface area (Å²) in [6, 6.07) is 4.76. The molecule has 0 aromatic heterocycles. The second-order valence-electron chi connectivity index (χ2n) is 2.77. The first-order chi connectivity index (χ1) is 5.95. The molecule has 0 heterocycles. The van der Waals surface area contributed by atoms with Crippen LogP contribution in [-0.2, 0) is 9.84 Å². The molecule has 0 amide bonds. The number of hydrogen-bond donors (Lipinski definition) is 2. The molecule has 72 valence electrons. The molecule has 5 heteroatoms. The third kappa shape index (κ3) is 2.12. The molecule has 1 rings (SSSR count). The standard InChI is InChI=1S/C8H12N2O2S/c1-10-6-3-4-8(7(9)5-6)13(2,11)12/h3-5,10H,9H2,1-2H3. The highest BCUT2D eigenvalue weighted by Crippen LogP contribution is 2.21. The van der Waals surface area contributed by atoms with E-state index in [2.05, 4.69) is 5.32 Å². The summed E-state index contributed by atoms with van der Waals surface area (Å²) in [5, 5.41) is 2.87. The van der Waals surface area contributed by atoms with Crippen molar-refractivity contribution in [3.05, 3.63) is 18.2 Å². The molecule has 0 fully saturated rings. The lowest BCUT2D eigenvalue weighted by Gasteiger charge is -2.05. The molecule has 4 nitrogen and oxygen atoms in total. The molecule has 0 saturated carbocycles. The molecule has 3 N–H and O–H groups in total. The molecule has 0 saturated heterocycles. The van der Waals surface area contributed by atoms with Gasteiger partial charge in [-0.05, 0) is 18.2 Å². The normalized spacial score (nSPS) is 11.2. The van der Waals surface area contributed by atoms with E-state index < -0.39 is 9.84 Å². The molecule has 1 aromatic rings. The lowest BCUT2D eigenvalue weighted by Crippen LogP contribution is -2.02. The summed E-state index contributed by atoms with van der Waals surface area (Å²) in [7, 11) is -1.47. The molecule has 0 atom stereocenters. The van der Waals surface area contributed by atoms with E-state index in [4.69, 9.17) is 5.73 Å². The number of sulfone groups is 1. The monoisotopic (exact) mass is 200 g/mol. The highest BCUT2D eigenvalue weighted by Gasteiger charge is 2.10. The maximum atomic E-state index is 11.2. The zero-order valence-corrected chi connectivity index (χ0v) is 8.35. The molecule has 0 aliphatic heterocycles. The fourth-order valence-electron chi connectivity index (χ4n) is 1.04. The minimum absolute atomic E-state index is 0.173. The second kappa shape index (κ2) is 3.26. The number of hydrogen-bond acceptors (Lipinski definition) is 4. The van der Waals surface area contributed by atoms with Crippen molar-refractivity contribution in [3.8, 4) is 0 Å². The molecule has 1 aromatic carbocycles. The first-order valence-corrected chi connectivity index (χ1v) is 5.61. The van der Waals surface area contributed by atoms with Crippen molar-refractivity contribution in [1.82, 2.24) is 0 Å². The third-order valence-corrected chi connectivity index (χ3v) is 2.87. The fraction of sp³-hybridized carbons (Fsp3) is 0.250. The third-order valence-electron chi connectivity index (χ3n) is 1.70. The summed E-state index contributed by atoms with van der Waals surface area (Å²) in [5.74, 6) is 0. The predicted octanol–water partition coefficient (Wildman–Crippen LogP) is 0.714. The average molecular weight is 200 g/mol. The van der Waals surface area contributed by atoms with Crippen LogP contribution in [0.5, 0.6) is 0 Å². The van der Waals surface area contributed by atoms with Gasteiger partial charge in [0.25, 0.3) is 0 Å². The van der Waals surface area contributed by atoms with Crippen LogP contribution in [0.1, 0.15) is 0 Å². The Balaban J connectivity index is 3.29. The van der Waals surface area contributed by atoms with Crippen molar-refractivity contribution < 1.29 is 8.42 Å². The molecular weight excluding hydrogens is 188 g/mol. The van der Waals surface area contributed by atoms with Crippen LogP contribution in [0.3, 0.4) is 0 Å². The van der Waals surface area contributed by atoms with E-state index in [0.29, 0.717) is 0 Å². The van der Waals surface area contributed by atoms with Gasteiger partial charge in [-0.3, -0.25) is 0 Å². The number of rotatable bonds is 2. The minimum Gasteiger partial charge on any atom is -0.398 e. The summed E-state index contributed by atoms with van der Waals surface area (Å²) in [5.41, 5.74) is 6.63.